The van der Waals surface area contributed by atoms with Crippen LogP contribution < -0.4 is 10.5 Å². The fraction of sp³-hybridized carbons (Fsp3) is 0.375. The fourth-order valence-corrected chi connectivity index (χ4v) is 2.73. The van der Waals surface area contributed by atoms with Crippen LogP contribution in [-0.4, -0.2) is 6.04 Å². The number of rotatable bonds is 5. The molecule has 1 aromatic heterocycles. The van der Waals surface area contributed by atoms with Crippen molar-refractivity contribution in [3.63, 3.8) is 0 Å². The monoisotopic (exact) mass is 275 g/mol. The summed E-state index contributed by atoms with van der Waals surface area (Å²) in [5.41, 5.74) is 9.82. The summed E-state index contributed by atoms with van der Waals surface area (Å²) in [6.07, 6.45) is 0.822. The largest absolute Gasteiger partial charge is 0.484 e. The van der Waals surface area contributed by atoms with Crippen LogP contribution in [0.2, 0.25) is 0 Å². The summed E-state index contributed by atoms with van der Waals surface area (Å²) in [6.45, 7) is 6.28. The van der Waals surface area contributed by atoms with Crippen molar-refractivity contribution in [1.29, 1.82) is 0 Å². The molecule has 0 saturated heterocycles. The van der Waals surface area contributed by atoms with Crippen molar-refractivity contribution in [3.8, 4) is 5.75 Å². The lowest BCUT2D eigenvalue weighted by Gasteiger charge is -2.25. The van der Waals surface area contributed by atoms with E-state index in [1.54, 1.807) is 11.3 Å². The van der Waals surface area contributed by atoms with Gasteiger partial charge in [-0.25, -0.2) is 0 Å². The van der Waals surface area contributed by atoms with Crippen LogP contribution in [0.25, 0.3) is 0 Å². The third kappa shape index (κ3) is 3.17. The normalized spacial score (nSPS) is 14.1. The van der Waals surface area contributed by atoms with Crippen molar-refractivity contribution < 1.29 is 4.74 Å². The van der Waals surface area contributed by atoms with E-state index in [-0.39, 0.29) is 12.1 Å². The lowest BCUT2D eigenvalue weighted by molar-refractivity contribution is 0.170. The molecule has 1 aromatic carbocycles. The lowest BCUT2D eigenvalue weighted by Crippen LogP contribution is -2.31. The third-order valence-electron chi connectivity index (χ3n) is 3.54. The van der Waals surface area contributed by atoms with Gasteiger partial charge in [0.15, 0.2) is 0 Å². The fourth-order valence-electron chi connectivity index (χ4n) is 2.04. The molecule has 2 nitrogen and oxygen atoms in total. The van der Waals surface area contributed by atoms with Gasteiger partial charge in [0.05, 0.1) is 0 Å². The Kier molecular flexibility index (Phi) is 4.61. The van der Waals surface area contributed by atoms with Crippen LogP contribution in [0.4, 0.5) is 0 Å². The van der Waals surface area contributed by atoms with E-state index in [4.69, 9.17) is 10.5 Å². The second-order valence-electron chi connectivity index (χ2n) is 4.87. The average molecular weight is 275 g/mol. The van der Waals surface area contributed by atoms with E-state index in [2.05, 4.69) is 43.7 Å². The minimum Gasteiger partial charge on any atom is -0.484 e. The molecule has 2 rings (SSSR count). The molecule has 2 N–H and O–H groups in total. The zero-order valence-electron chi connectivity index (χ0n) is 11.7. The van der Waals surface area contributed by atoms with Crippen LogP contribution in [0.3, 0.4) is 0 Å². The highest BCUT2D eigenvalue weighted by molar-refractivity contribution is 7.07. The Labute approximate surface area is 119 Å². The molecule has 0 aliphatic rings. The highest BCUT2D eigenvalue weighted by Crippen LogP contribution is 2.30. The van der Waals surface area contributed by atoms with Crippen LogP contribution in [0.1, 0.15) is 36.1 Å². The first-order chi connectivity index (χ1) is 9.13. The highest BCUT2D eigenvalue weighted by Gasteiger charge is 2.21. The molecule has 2 aromatic rings. The molecule has 0 aliphatic heterocycles. The van der Waals surface area contributed by atoms with E-state index >= 15 is 0 Å². The zero-order valence-corrected chi connectivity index (χ0v) is 12.5. The van der Waals surface area contributed by atoms with E-state index in [1.165, 1.54) is 16.7 Å². The van der Waals surface area contributed by atoms with Gasteiger partial charge in [0, 0.05) is 11.6 Å². The van der Waals surface area contributed by atoms with Crippen LogP contribution in [0, 0.1) is 13.8 Å². The van der Waals surface area contributed by atoms with Crippen LogP contribution in [0.15, 0.2) is 35.0 Å². The lowest BCUT2D eigenvalue weighted by atomic mass is 10.0. The number of aryl methyl sites for hydroxylation is 1. The van der Waals surface area contributed by atoms with Gasteiger partial charge in [-0.15, -0.1) is 0 Å². The van der Waals surface area contributed by atoms with E-state index in [0.717, 1.165) is 12.2 Å². The molecular weight excluding hydrogens is 254 g/mol. The molecule has 2 atom stereocenters. The maximum atomic E-state index is 6.22. The van der Waals surface area contributed by atoms with E-state index < -0.39 is 0 Å². The van der Waals surface area contributed by atoms with Gasteiger partial charge in [0.2, 0.25) is 0 Å². The topological polar surface area (TPSA) is 35.2 Å². The predicted octanol–water partition coefficient (Wildman–Crippen LogP) is 4.22. The molecular formula is C16H21NOS. The maximum Gasteiger partial charge on any atom is 0.140 e. The van der Waals surface area contributed by atoms with Crippen molar-refractivity contribution in [2.75, 3.05) is 0 Å². The first-order valence-corrected chi connectivity index (χ1v) is 7.58. The molecule has 0 fully saturated rings. The Bertz CT molecular complexity index is 522. The summed E-state index contributed by atoms with van der Waals surface area (Å²) in [5.74, 6) is 0.931. The minimum absolute atomic E-state index is 0.00881. The Morgan fingerprint density at radius 3 is 2.68 bits per heavy atom. The van der Waals surface area contributed by atoms with E-state index in [1.807, 2.05) is 12.1 Å². The first kappa shape index (κ1) is 14.1. The van der Waals surface area contributed by atoms with Crippen molar-refractivity contribution in [2.24, 2.45) is 5.73 Å². The molecule has 0 amide bonds. The smallest absolute Gasteiger partial charge is 0.140 e. The van der Waals surface area contributed by atoms with Crippen molar-refractivity contribution in [1.82, 2.24) is 0 Å². The minimum atomic E-state index is -0.0725. The van der Waals surface area contributed by atoms with Gasteiger partial charge in [-0.1, -0.05) is 19.1 Å². The Balaban J connectivity index is 2.28. The molecule has 0 aliphatic carbocycles. The van der Waals surface area contributed by atoms with Gasteiger partial charge in [0.25, 0.3) is 0 Å². The molecule has 0 saturated carbocycles. The summed E-state index contributed by atoms with van der Waals surface area (Å²) < 4.78 is 6.20. The molecule has 2 unspecified atom stereocenters. The van der Waals surface area contributed by atoms with Gasteiger partial charge >= 0.3 is 0 Å². The summed E-state index contributed by atoms with van der Waals surface area (Å²) >= 11 is 1.68. The van der Waals surface area contributed by atoms with E-state index in [0.29, 0.717) is 0 Å². The number of nitrogens with two attached hydrogens (primary N) is 1. The summed E-state index contributed by atoms with van der Waals surface area (Å²) in [4.78, 5) is 0. The predicted molar refractivity (Wildman–Crippen MR) is 81.9 cm³/mol. The van der Waals surface area contributed by atoms with Crippen molar-refractivity contribution in [2.45, 2.75) is 39.3 Å². The SMILES string of the molecule is CCC(N)C(Oc1cccc(C)c1C)c1ccsc1. The number of ether oxygens (including phenoxy) is 1. The van der Waals surface area contributed by atoms with Gasteiger partial charge in [-0.3, -0.25) is 0 Å². The number of benzene rings is 1. The van der Waals surface area contributed by atoms with Gasteiger partial charge < -0.3 is 10.5 Å². The standard InChI is InChI=1S/C16H21NOS/c1-4-14(17)16(13-8-9-19-10-13)18-15-7-5-6-11(2)12(15)3/h5-10,14,16H,4,17H2,1-3H3. The second-order valence-corrected chi connectivity index (χ2v) is 5.65. The Morgan fingerprint density at radius 2 is 2.05 bits per heavy atom. The van der Waals surface area contributed by atoms with Crippen LogP contribution in [0.5, 0.6) is 5.75 Å². The molecule has 19 heavy (non-hydrogen) atoms. The Hall–Kier alpha value is -1.32. The molecule has 0 spiro atoms. The quantitative estimate of drug-likeness (QED) is 0.886. The number of thiophene rings is 1. The average Bonchev–Trinajstić information content (AvgIpc) is 2.93. The van der Waals surface area contributed by atoms with E-state index in [9.17, 15) is 0 Å². The molecule has 102 valence electrons. The van der Waals surface area contributed by atoms with Crippen LogP contribution in [-0.2, 0) is 0 Å². The summed E-state index contributed by atoms with van der Waals surface area (Å²) in [7, 11) is 0. The van der Waals surface area contributed by atoms with Gasteiger partial charge in [-0.05, 0) is 54.3 Å². The van der Waals surface area contributed by atoms with Crippen molar-refractivity contribution in [3.05, 3.63) is 51.7 Å². The summed E-state index contributed by atoms with van der Waals surface area (Å²) in [5, 5.41) is 4.18. The molecule has 0 bridgehead atoms. The first-order valence-electron chi connectivity index (χ1n) is 6.64. The second kappa shape index (κ2) is 6.22. The van der Waals surface area contributed by atoms with Gasteiger partial charge in [0.1, 0.15) is 11.9 Å². The Morgan fingerprint density at radius 1 is 1.26 bits per heavy atom. The number of hydrogen-bond acceptors (Lipinski definition) is 3. The van der Waals surface area contributed by atoms with Gasteiger partial charge in [-0.2, -0.15) is 11.3 Å². The van der Waals surface area contributed by atoms with Crippen LogP contribution >= 0.6 is 11.3 Å². The van der Waals surface area contributed by atoms with Crippen molar-refractivity contribution >= 4 is 11.3 Å². The molecule has 1 heterocycles. The third-order valence-corrected chi connectivity index (χ3v) is 4.24. The molecule has 0 radical (unpaired) electrons. The molecule has 3 heteroatoms. The maximum absolute atomic E-state index is 6.22. The zero-order chi connectivity index (χ0) is 13.8. The highest BCUT2D eigenvalue weighted by atomic mass is 32.1. The summed E-state index contributed by atoms with van der Waals surface area (Å²) in [6, 6.07) is 8.25. The number of hydrogen-bond donors (Lipinski definition) is 1.